The first-order valence-corrected chi connectivity index (χ1v) is 3.16. The Hall–Kier alpha value is -0.0800. The predicted octanol–water partition coefficient (Wildman–Crippen LogP) is 0.714. The molecule has 0 radical (unpaired) electrons. The van der Waals surface area contributed by atoms with Gasteiger partial charge in [-0.15, -0.1) is 0 Å². The van der Waals surface area contributed by atoms with Crippen LogP contribution in [0.4, 0.5) is 0 Å². The highest BCUT2D eigenvalue weighted by Gasteiger charge is 1.95. The maximum absolute atomic E-state index is 8.88. The van der Waals surface area contributed by atoms with Crippen molar-refractivity contribution in [2.24, 2.45) is 0 Å². The SMILES string of the molecule is CCCC[C@@H](O)NC. The highest BCUT2D eigenvalue weighted by atomic mass is 16.3. The molecule has 0 aromatic rings. The molecule has 0 aromatic heterocycles. The van der Waals surface area contributed by atoms with Crippen molar-refractivity contribution < 1.29 is 5.11 Å². The van der Waals surface area contributed by atoms with E-state index in [1.165, 1.54) is 0 Å². The molecule has 0 spiro atoms. The number of aliphatic hydroxyl groups is 1. The molecule has 1 atom stereocenters. The highest BCUT2D eigenvalue weighted by Crippen LogP contribution is 1.95. The molecule has 2 N–H and O–H groups in total. The van der Waals surface area contributed by atoms with E-state index in [2.05, 4.69) is 12.2 Å². The average molecular weight is 117 g/mol. The molecule has 0 bridgehead atoms. The van der Waals surface area contributed by atoms with Crippen LogP contribution in [0.2, 0.25) is 0 Å². The van der Waals surface area contributed by atoms with Crippen LogP contribution in [0.5, 0.6) is 0 Å². The predicted molar refractivity (Wildman–Crippen MR) is 34.6 cm³/mol. The third kappa shape index (κ3) is 4.09. The molecule has 0 rings (SSSR count). The first-order valence-electron chi connectivity index (χ1n) is 3.16. The molecule has 2 nitrogen and oxygen atoms in total. The van der Waals surface area contributed by atoms with E-state index in [1.54, 1.807) is 7.05 Å². The standard InChI is InChI=1S/C6H15NO/c1-3-4-5-6(8)7-2/h6-8H,3-5H2,1-2H3/t6-/m1/s1. The van der Waals surface area contributed by atoms with Crippen LogP contribution in [0, 0.1) is 0 Å². The zero-order chi connectivity index (χ0) is 6.41. The van der Waals surface area contributed by atoms with Crippen LogP contribution in [0.1, 0.15) is 26.2 Å². The van der Waals surface area contributed by atoms with E-state index in [9.17, 15) is 0 Å². The molecule has 0 aliphatic carbocycles. The summed E-state index contributed by atoms with van der Waals surface area (Å²) in [5.41, 5.74) is 0. The number of unbranched alkanes of at least 4 members (excludes halogenated alkanes) is 1. The summed E-state index contributed by atoms with van der Waals surface area (Å²) in [4.78, 5) is 0. The molecule has 0 fully saturated rings. The Bertz CT molecular complexity index is 47.8. The molecule has 50 valence electrons. The largest absolute Gasteiger partial charge is 0.379 e. The topological polar surface area (TPSA) is 32.3 Å². The van der Waals surface area contributed by atoms with Gasteiger partial charge in [0.2, 0.25) is 0 Å². The summed E-state index contributed by atoms with van der Waals surface area (Å²) in [6, 6.07) is 0. The fourth-order valence-electron chi connectivity index (χ4n) is 0.542. The van der Waals surface area contributed by atoms with Gasteiger partial charge >= 0.3 is 0 Å². The van der Waals surface area contributed by atoms with E-state index < -0.39 is 0 Å². The molecular weight excluding hydrogens is 102 g/mol. The number of hydrogen-bond acceptors (Lipinski definition) is 2. The number of hydrogen-bond donors (Lipinski definition) is 2. The molecule has 0 amide bonds. The van der Waals surface area contributed by atoms with Gasteiger partial charge in [0, 0.05) is 0 Å². The van der Waals surface area contributed by atoms with Gasteiger partial charge in [-0.05, 0) is 19.9 Å². The summed E-state index contributed by atoms with van der Waals surface area (Å²) in [5.74, 6) is 0. The van der Waals surface area contributed by atoms with Crippen LogP contribution in [-0.4, -0.2) is 18.4 Å². The minimum absolute atomic E-state index is 0.296. The molecule has 0 aliphatic heterocycles. The summed E-state index contributed by atoms with van der Waals surface area (Å²) in [7, 11) is 1.76. The molecule has 0 heterocycles. The third-order valence-corrected chi connectivity index (χ3v) is 1.16. The van der Waals surface area contributed by atoms with Crippen LogP contribution in [0.3, 0.4) is 0 Å². The van der Waals surface area contributed by atoms with Crippen molar-refractivity contribution in [3.63, 3.8) is 0 Å². The lowest BCUT2D eigenvalue weighted by Gasteiger charge is -2.05. The van der Waals surface area contributed by atoms with Gasteiger partial charge in [0.1, 0.15) is 6.23 Å². The van der Waals surface area contributed by atoms with Crippen LogP contribution in [-0.2, 0) is 0 Å². The van der Waals surface area contributed by atoms with Gasteiger partial charge in [-0.3, -0.25) is 5.32 Å². The minimum Gasteiger partial charge on any atom is -0.379 e. The number of nitrogens with one attached hydrogen (secondary N) is 1. The lowest BCUT2D eigenvalue weighted by atomic mass is 10.2. The van der Waals surface area contributed by atoms with Gasteiger partial charge in [0.15, 0.2) is 0 Å². The maximum atomic E-state index is 8.88. The first-order chi connectivity index (χ1) is 3.81. The molecule has 8 heavy (non-hydrogen) atoms. The van der Waals surface area contributed by atoms with Crippen molar-refractivity contribution in [1.82, 2.24) is 5.32 Å². The first kappa shape index (κ1) is 7.92. The summed E-state index contributed by atoms with van der Waals surface area (Å²) in [6.45, 7) is 2.11. The van der Waals surface area contributed by atoms with Crippen molar-refractivity contribution in [2.75, 3.05) is 7.05 Å². The monoisotopic (exact) mass is 117 g/mol. The summed E-state index contributed by atoms with van der Waals surface area (Å²) >= 11 is 0. The van der Waals surface area contributed by atoms with Gasteiger partial charge in [-0.1, -0.05) is 13.3 Å². The Labute approximate surface area is 50.9 Å². The Morgan fingerprint density at radius 1 is 1.62 bits per heavy atom. The molecule has 0 aliphatic rings. The molecular formula is C6H15NO. The van der Waals surface area contributed by atoms with E-state index in [-0.39, 0.29) is 6.23 Å². The minimum atomic E-state index is -0.296. The summed E-state index contributed by atoms with van der Waals surface area (Å²) in [5, 5.41) is 11.6. The van der Waals surface area contributed by atoms with Crippen LogP contribution in [0.15, 0.2) is 0 Å². The second-order valence-electron chi connectivity index (χ2n) is 1.95. The fourth-order valence-corrected chi connectivity index (χ4v) is 0.542. The smallest absolute Gasteiger partial charge is 0.104 e. The van der Waals surface area contributed by atoms with Gasteiger partial charge in [0.25, 0.3) is 0 Å². The second-order valence-corrected chi connectivity index (χ2v) is 1.95. The van der Waals surface area contributed by atoms with Gasteiger partial charge in [0.05, 0.1) is 0 Å². The Kier molecular flexibility index (Phi) is 5.01. The number of aliphatic hydroxyl groups excluding tert-OH is 1. The Balaban J connectivity index is 2.86. The summed E-state index contributed by atoms with van der Waals surface area (Å²) in [6.07, 6.45) is 2.82. The highest BCUT2D eigenvalue weighted by molar-refractivity contribution is 4.46. The van der Waals surface area contributed by atoms with Crippen molar-refractivity contribution in [1.29, 1.82) is 0 Å². The molecule has 0 saturated carbocycles. The third-order valence-electron chi connectivity index (χ3n) is 1.16. The Morgan fingerprint density at radius 2 is 2.25 bits per heavy atom. The van der Waals surface area contributed by atoms with Crippen molar-refractivity contribution >= 4 is 0 Å². The lowest BCUT2D eigenvalue weighted by Crippen LogP contribution is -2.23. The van der Waals surface area contributed by atoms with Crippen molar-refractivity contribution in [3.8, 4) is 0 Å². The zero-order valence-electron chi connectivity index (χ0n) is 5.65. The van der Waals surface area contributed by atoms with Crippen LogP contribution in [0.25, 0.3) is 0 Å². The van der Waals surface area contributed by atoms with Crippen molar-refractivity contribution in [2.45, 2.75) is 32.4 Å². The second kappa shape index (κ2) is 5.06. The fraction of sp³-hybridized carbons (Fsp3) is 1.00. The van der Waals surface area contributed by atoms with E-state index in [4.69, 9.17) is 5.11 Å². The van der Waals surface area contributed by atoms with Gasteiger partial charge < -0.3 is 5.11 Å². The van der Waals surface area contributed by atoms with E-state index >= 15 is 0 Å². The summed E-state index contributed by atoms with van der Waals surface area (Å²) < 4.78 is 0. The molecule has 2 heteroatoms. The van der Waals surface area contributed by atoms with E-state index in [0.717, 1.165) is 19.3 Å². The van der Waals surface area contributed by atoms with Crippen LogP contribution >= 0.6 is 0 Å². The molecule has 0 aromatic carbocycles. The average Bonchev–Trinajstić information content (AvgIpc) is 1.83. The molecule has 0 saturated heterocycles. The van der Waals surface area contributed by atoms with E-state index in [1.807, 2.05) is 0 Å². The quantitative estimate of drug-likeness (QED) is 0.532. The van der Waals surface area contributed by atoms with Gasteiger partial charge in [-0.25, -0.2) is 0 Å². The lowest BCUT2D eigenvalue weighted by molar-refractivity contribution is 0.134. The zero-order valence-corrected chi connectivity index (χ0v) is 5.65. The molecule has 0 unspecified atom stereocenters. The van der Waals surface area contributed by atoms with Crippen molar-refractivity contribution in [3.05, 3.63) is 0 Å². The van der Waals surface area contributed by atoms with E-state index in [0.29, 0.717) is 0 Å². The Morgan fingerprint density at radius 3 is 2.62 bits per heavy atom. The van der Waals surface area contributed by atoms with Gasteiger partial charge in [-0.2, -0.15) is 0 Å². The number of rotatable bonds is 4. The maximum Gasteiger partial charge on any atom is 0.104 e. The normalized spacial score (nSPS) is 13.9. The van der Waals surface area contributed by atoms with Crippen LogP contribution < -0.4 is 5.32 Å².